The first kappa shape index (κ1) is 23.5. The largest absolute Gasteiger partial charge is 0.440 e. The summed E-state index contributed by atoms with van der Waals surface area (Å²) in [4.78, 5) is 19.0. The van der Waals surface area contributed by atoms with Gasteiger partial charge in [0.2, 0.25) is 5.91 Å². The summed E-state index contributed by atoms with van der Waals surface area (Å²) in [5, 5.41) is 0. The Hall–Kier alpha value is -1.56. The number of aromatic nitrogens is 1. The van der Waals surface area contributed by atoms with E-state index in [1.54, 1.807) is 0 Å². The van der Waals surface area contributed by atoms with Gasteiger partial charge in [-0.25, -0.2) is 4.98 Å². The average molecular weight is 414 g/mol. The van der Waals surface area contributed by atoms with Crippen molar-refractivity contribution < 1.29 is 9.21 Å². The van der Waals surface area contributed by atoms with Gasteiger partial charge >= 0.3 is 0 Å². The van der Waals surface area contributed by atoms with Crippen molar-refractivity contribution in [2.75, 3.05) is 13.1 Å². The van der Waals surface area contributed by atoms with E-state index in [0.717, 1.165) is 42.9 Å². The number of oxazole rings is 1. The molecule has 1 aliphatic heterocycles. The number of rotatable bonds is 5. The Morgan fingerprint density at radius 2 is 2.04 bits per heavy atom. The first-order chi connectivity index (χ1) is 12.0. The zero-order valence-corrected chi connectivity index (χ0v) is 17.5. The Morgan fingerprint density at radius 3 is 2.70 bits per heavy atom. The van der Waals surface area contributed by atoms with Crippen LogP contribution in [0, 0.1) is 12.8 Å². The predicted molar refractivity (Wildman–Crippen MR) is 112 cm³/mol. The maximum atomic E-state index is 12.5. The molecule has 1 aromatic heterocycles. The summed E-state index contributed by atoms with van der Waals surface area (Å²) in [6.07, 6.45) is 3.11. The molecule has 1 amide bonds. The number of amides is 1. The van der Waals surface area contributed by atoms with Crippen molar-refractivity contribution in [3.05, 3.63) is 41.9 Å². The number of halogens is 2. The number of hydrogen-bond donors (Lipinski definition) is 1. The van der Waals surface area contributed by atoms with Gasteiger partial charge in [-0.2, -0.15) is 0 Å². The van der Waals surface area contributed by atoms with Gasteiger partial charge in [0.15, 0.2) is 11.7 Å². The molecule has 2 atom stereocenters. The molecule has 1 aliphatic rings. The molecule has 7 heteroatoms. The van der Waals surface area contributed by atoms with E-state index in [9.17, 15) is 4.79 Å². The van der Waals surface area contributed by atoms with Crippen LogP contribution in [0.5, 0.6) is 0 Å². The van der Waals surface area contributed by atoms with Gasteiger partial charge in [0.1, 0.15) is 0 Å². The van der Waals surface area contributed by atoms with E-state index in [1.165, 1.54) is 0 Å². The van der Waals surface area contributed by atoms with Gasteiger partial charge in [0.05, 0.1) is 5.69 Å². The molecule has 150 valence electrons. The number of carbonyl (C=O) groups is 1. The van der Waals surface area contributed by atoms with Crippen LogP contribution in [-0.2, 0) is 11.2 Å². The summed E-state index contributed by atoms with van der Waals surface area (Å²) in [5.41, 5.74) is 7.89. The molecule has 2 N–H and O–H groups in total. The van der Waals surface area contributed by atoms with Crippen LogP contribution in [0.2, 0.25) is 0 Å². The lowest BCUT2D eigenvalue weighted by atomic mass is 9.92. The van der Waals surface area contributed by atoms with E-state index in [2.05, 4.69) is 4.98 Å². The van der Waals surface area contributed by atoms with E-state index in [1.807, 2.05) is 49.1 Å². The van der Waals surface area contributed by atoms with E-state index < -0.39 is 0 Å². The molecule has 2 aromatic rings. The minimum atomic E-state index is 0. The number of aryl methyl sites for hydroxylation is 2. The van der Waals surface area contributed by atoms with Gasteiger partial charge in [0.25, 0.3) is 0 Å². The van der Waals surface area contributed by atoms with Crippen molar-refractivity contribution in [1.82, 2.24) is 9.88 Å². The van der Waals surface area contributed by atoms with Crippen molar-refractivity contribution in [1.29, 1.82) is 0 Å². The Labute approximate surface area is 173 Å². The summed E-state index contributed by atoms with van der Waals surface area (Å²) >= 11 is 0. The highest BCUT2D eigenvalue weighted by atomic mass is 35.5. The fourth-order valence-electron chi connectivity index (χ4n) is 3.45. The molecule has 1 fully saturated rings. The molecule has 3 rings (SSSR count). The molecule has 1 saturated heterocycles. The Morgan fingerprint density at radius 1 is 1.33 bits per heavy atom. The van der Waals surface area contributed by atoms with E-state index in [0.29, 0.717) is 24.7 Å². The SMILES string of the molecule is Cc1nc(CCC(=O)N2CCCC(C(C)N)C2)oc1-c1ccccc1.Cl.Cl. The van der Waals surface area contributed by atoms with Gasteiger partial charge in [-0.1, -0.05) is 30.3 Å². The minimum Gasteiger partial charge on any atom is -0.440 e. The topological polar surface area (TPSA) is 72.4 Å². The molecule has 0 aliphatic carbocycles. The molecule has 0 radical (unpaired) electrons. The summed E-state index contributed by atoms with van der Waals surface area (Å²) < 4.78 is 5.90. The first-order valence-electron chi connectivity index (χ1n) is 9.09. The molecule has 0 bridgehead atoms. The fourth-order valence-corrected chi connectivity index (χ4v) is 3.45. The highest BCUT2D eigenvalue weighted by Gasteiger charge is 2.26. The molecule has 2 unspecified atom stereocenters. The molecule has 0 spiro atoms. The summed E-state index contributed by atoms with van der Waals surface area (Å²) in [5.74, 6) is 2.00. The van der Waals surface area contributed by atoms with Gasteiger partial charge in [-0.15, -0.1) is 24.8 Å². The average Bonchev–Trinajstić information content (AvgIpc) is 3.01. The zero-order chi connectivity index (χ0) is 17.8. The lowest BCUT2D eigenvalue weighted by Gasteiger charge is -2.34. The third-order valence-electron chi connectivity index (χ3n) is 4.98. The van der Waals surface area contributed by atoms with Gasteiger partial charge in [-0.05, 0) is 32.6 Å². The van der Waals surface area contributed by atoms with Crippen molar-refractivity contribution >= 4 is 30.7 Å². The smallest absolute Gasteiger partial charge is 0.223 e. The van der Waals surface area contributed by atoms with Crippen LogP contribution < -0.4 is 5.73 Å². The maximum absolute atomic E-state index is 12.5. The van der Waals surface area contributed by atoms with Gasteiger partial charge in [0, 0.05) is 37.5 Å². The minimum absolute atomic E-state index is 0. The van der Waals surface area contributed by atoms with E-state index in [-0.39, 0.29) is 36.8 Å². The third-order valence-corrected chi connectivity index (χ3v) is 4.98. The summed E-state index contributed by atoms with van der Waals surface area (Å²) in [7, 11) is 0. The van der Waals surface area contributed by atoms with Crippen LogP contribution in [0.1, 0.15) is 37.8 Å². The van der Waals surface area contributed by atoms with Gasteiger partial charge in [-0.3, -0.25) is 4.79 Å². The number of piperidine rings is 1. The Balaban J connectivity index is 0.00000182. The summed E-state index contributed by atoms with van der Waals surface area (Å²) in [6.45, 7) is 5.58. The zero-order valence-electron chi connectivity index (χ0n) is 15.9. The lowest BCUT2D eigenvalue weighted by Crippen LogP contribution is -2.45. The first-order valence-corrected chi connectivity index (χ1v) is 9.09. The van der Waals surface area contributed by atoms with Crippen LogP contribution in [-0.4, -0.2) is 34.9 Å². The number of nitrogens with two attached hydrogens (primary N) is 1. The van der Waals surface area contributed by atoms with Crippen LogP contribution in [0.4, 0.5) is 0 Å². The van der Waals surface area contributed by atoms with Crippen LogP contribution in [0.3, 0.4) is 0 Å². The highest BCUT2D eigenvalue weighted by Crippen LogP contribution is 2.25. The molecular formula is C20H29Cl2N3O2. The monoisotopic (exact) mass is 413 g/mol. The second-order valence-electron chi connectivity index (χ2n) is 6.99. The van der Waals surface area contributed by atoms with Gasteiger partial charge < -0.3 is 15.1 Å². The highest BCUT2D eigenvalue weighted by molar-refractivity contribution is 5.85. The molecule has 2 heterocycles. The number of carbonyl (C=O) groups excluding carboxylic acids is 1. The van der Waals surface area contributed by atoms with Crippen molar-refractivity contribution in [2.45, 2.75) is 45.6 Å². The molecular weight excluding hydrogens is 385 g/mol. The number of likely N-dealkylation sites (tertiary alicyclic amines) is 1. The van der Waals surface area contributed by atoms with E-state index >= 15 is 0 Å². The number of nitrogens with zero attached hydrogens (tertiary/aromatic N) is 2. The van der Waals surface area contributed by atoms with Crippen molar-refractivity contribution in [2.24, 2.45) is 11.7 Å². The third kappa shape index (κ3) is 5.96. The molecule has 1 aromatic carbocycles. The molecule has 0 saturated carbocycles. The van der Waals surface area contributed by atoms with Crippen molar-refractivity contribution in [3.63, 3.8) is 0 Å². The fraction of sp³-hybridized carbons (Fsp3) is 0.500. The lowest BCUT2D eigenvalue weighted by molar-refractivity contribution is -0.133. The molecule has 5 nitrogen and oxygen atoms in total. The quantitative estimate of drug-likeness (QED) is 0.803. The predicted octanol–water partition coefficient (Wildman–Crippen LogP) is 4.01. The van der Waals surface area contributed by atoms with Crippen molar-refractivity contribution in [3.8, 4) is 11.3 Å². The summed E-state index contributed by atoms with van der Waals surface area (Å²) in [6, 6.07) is 10.1. The maximum Gasteiger partial charge on any atom is 0.223 e. The van der Waals surface area contributed by atoms with Crippen LogP contribution >= 0.6 is 24.8 Å². The second kappa shape index (κ2) is 10.7. The number of hydrogen-bond acceptors (Lipinski definition) is 4. The Bertz CT molecular complexity index is 719. The standard InChI is InChI=1S/C20H27N3O2.2ClH/c1-14(21)17-9-6-12-23(13-17)19(24)11-10-18-22-15(2)20(25-18)16-7-4-3-5-8-16;;/h3-5,7-8,14,17H,6,9-13,21H2,1-2H3;2*1H. The van der Waals surface area contributed by atoms with Crippen LogP contribution in [0.15, 0.2) is 34.7 Å². The molecule has 27 heavy (non-hydrogen) atoms. The normalized spacial score (nSPS) is 17.6. The van der Waals surface area contributed by atoms with Crippen LogP contribution in [0.25, 0.3) is 11.3 Å². The number of benzene rings is 1. The van der Waals surface area contributed by atoms with E-state index in [4.69, 9.17) is 10.2 Å². The Kier molecular flexibility index (Phi) is 9.30. The second-order valence-corrected chi connectivity index (χ2v) is 6.99.